The molecule has 0 radical (unpaired) electrons. The molecule has 1 spiro atoms. The lowest BCUT2D eigenvalue weighted by Gasteiger charge is -2.42. The zero-order valence-corrected chi connectivity index (χ0v) is 17.4. The first-order valence-corrected chi connectivity index (χ1v) is 11.1. The molecule has 6 nitrogen and oxygen atoms in total. The summed E-state index contributed by atoms with van der Waals surface area (Å²) in [5.74, 6) is -0.206. The van der Waals surface area contributed by atoms with Crippen LogP contribution in [0.4, 0.5) is 0 Å². The highest BCUT2D eigenvalue weighted by Crippen LogP contribution is 2.42. The molecule has 3 aliphatic rings. The van der Waals surface area contributed by atoms with Crippen LogP contribution in [0.3, 0.4) is 0 Å². The Morgan fingerprint density at radius 3 is 2.38 bits per heavy atom. The van der Waals surface area contributed by atoms with E-state index in [9.17, 15) is 9.59 Å². The maximum absolute atomic E-state index is 13.5. The molecule has 4 rings (SSSR count). The number of nitrogens with one attached hydrogen (secondary N) is 1. The van der Waals surface area contributed by atoms with E-state index in [-0.39, 0.29) is 18.4 Å². The van der Waals surface area contributed by atoms with Crippen molar-refractivity contribution in [2.45, 2.75) is 57.4 Å². The van der Waals surface area contributed by atoms with Crippen molar-refractivity contribution < 1.29 is 9.59 Å². The number of nitrogens with zero attached hydrogens (tertiary/aromatic N) is 3. The third kappa shape index (κ3) is 3.95. The van der Waals surface area contributed by atoms with Crippen molar-refractivity contribution >= 4 is 17.5 Å². The number of likely N-dealkylation sites (N-methyl/N-ethyl adjacent to an activating group) is 1. The van der Waals surface area contributed by atoms with Gasteiger partial charge in [-0.2, -0.15) is 5.10 Å². The van der Waals surface area contributed by atoms with Gasteiger partial charge in [0.05, 0.1) is 11.1 Å². The van der Waals surface area contributed by atoms with Crippen LogP contribution >= 0.6 is 0 Å². The van der Waals surface area contributed by atoms with Gasteiger partial charge in [-0.25, -0.2) is 5.01 Å². The molecule has 0 atom stereocenters. The lowest BCUT2D eigenvalue weighted by atomic mass is 9.71. The van der Waals surface area contributed by atoms with Crippen LogP contribution in [0.25, 0.3) is 0 Å². The van der Waals surface area contributed by atoms with Gasteiger partial charge in [0.25, 0.3) is 5.91 Å². The third-order valence-electron chi connectivity index (χ3n) is 6.93. The number of amides is 2. The number of hydrazone groups is 1. The Hall–Kier alpha value is -2.21. The number of carbonyl (C=O) groups is 2. The monoisotopic (exact) mass is 396 g/mol. The predicted molar refractivity (Wildman–Crippen MR) is 113 cm³/mol. The van der Waals surface area contributed by atoms with E-state index in [2.05, 4.69) is 15.3 Å². The molecule has 156 valence electrons. The Balaban J connectivity index is 1.56. The van der Waals surface area contributed by atoms with Crippen LogP contribution in [0.2, 0.25) is 0 Å². The van der Waals surface area contributed by atoms with E-state index in [4.69, 9.17) is 0 Å². The Morgan fingerprint density at radius 1 is 1.10 bits per heavy atom. The molecule has 1 saturated heterocycles. The van der Waals surface area contributed by atoms with Crippen molar-refractivity contribution in [3.63, 3.8) is 0 Å². The lowest BCUT2D eigenvalue weighted by molar-refractivity contribution is -0.141. The number of hydrogen-bond acceptors (Lipinski definition) is 4. The van der Waals surface area contributed by atoms with Crippen LogP contribution in [-0.2, 0) is 9.59 Å². The first-order valence-electron chi connectivity index (χ1n) is 11.1. The molecule has 2 aliphatic heterocycles. The number of rotatable bonds is 4. The van der Waals surface area contributed by atoms with E-state index >= 15 is 0 Å². The molecule has 1 aromatic rings. The maximum atomic E-state index is 13.5. The van der Waals surface area contributed by atoms with Crippen molar-refractivity contribution in [3.05, 3.63) is 35.9 Å². The van der Waals surface area contributed by atoms with Crippen molar-refractivity contribution in [1.29, 1.82) is 0 Å². The molecule has 29 heavy (non-hydrogen) atoms. The molecule has 2 amide bonds. The molecule has 1 aliphatic carbocycles. The Bertz CT molecular complexity index is 760. The van der Waals surface area contributed by atoms with E-state index < -0.39 is 5.41 Å². The Labute approximate surface area is 173 Å². The van der Waals surface area contributed by atoms with Gasteiger partial charge in [-0.15, -0.1) is 0 Å². The first kappa shape index (κ1) is 20.1. The molecule has 2 heterocycles. The summed E-state index contributed by atoms with van der Waals surface area (Å²) in [7, 11) is 1.59. The van der Waals surface area contributed by atoms with E-state index in [0.717, 1.165) is 37.2 Å². The molecular weight excluding hydrogens is 364 g/mol. The second-order valence-corrected chi connectivity index (χ2v) is 8.61. The molecule has 6 heteroatoms. The average Bonchev–Trinajstić information content (AvgIpc) is 2.94. The second-order valence-electron chi connectivity index (χ2n) is 8.61. The highest BCUT2D eigenvalue weighted by atomic mass is 16.2. The predicted octanol–water partition coefficient (Wildman–Crippen LogP) is 2.78. The van der Waals surface area contributed by atoms with E-state index in [0.29, 0.717) is 6.04 Å². The largest absolute Gasteiger partial charge is 0.358 e. The summed E-state index contributed by atoms with van der Waals surface area (Å²) in [6, 6.07) is 10.6. The highest BCUT2D eigenvalue weighted by Gasteiger charge is 2.53. The summed E-state index contributed by atoms with van der Waals surface area (Å²) in [5, 5.41) is 8.67. The molecule has 2 fully saturated rings. The van der Waals surface area contributed by atoms with Gasteiger partial charge in [0, 0.05) is 13.1 Å². The zero-order valence-electron chi connectivity index (χ0n) is 17.4. The van der Waals surface area contributed by atoms with Crippen LogP contribution in [0.15, 0.2) is 35.4 Å². The fraction of sp³-hybridized carbons (Fsp3) is 0.609. The summed E-state index contributed by atoms with van der Waals surface area (Å²) >= 11 is 0. The van der Waals surface area contributed by atoms with Gasteiger partial charge in [-0.1, -0.05) is 56.0 Å². The number of hydrogen-bond donors (Lipinski definition) is 1. The van der Waals surface area contributed by atoms with Crippen molar-refractivity contribution in [3.8, 4) is 0 Å². The average molecular weight is 397 g/mol. The van der Waals surface area contributed by atoms with Gasteiger partial charge < -0.3 is 10.2 Å². The Kier molecular flexibility index (Phi) is 5.99. The summed E-state index contributed by atoms with van der Waals surface area (Å²) in [6.07, 6.45) is 9.47. The third-order valence-corrected chi connectivity index (χ3v) is 6.93. The first-order chi connectivity index (χ1) is 14.1. The number of carbonyl (C=O) groups excluding carboxylic acids is 2. The fourth-order valence-corrected chi connectivity index (χ4v) is 5.21. The van der Waals surface area contributed by atoms with E-state index in [1.54, 1.807) is 7.05 Å². The van der Waals surface area contributed by atoms with E-state index in [1.807, 2.05) is 30.3 Å². The maximum Gasteiger partial charge on any atom is 0.255 e. The normalized spacial score (nSPS) is 23.1. The van der Waals surface area contributed by atoms with Crippen molar-refractivity contribution in [1.82, 2.24) is 15.2 Å². The standard InChI is InChI=1S/C23H32N4O2/c1-24-20(28)17-27-22(29)23(21(25-27)18-9-5-4-6-10-18)13-15-26(16-14-23)19-11-7-2-3-8-12-19/h4-6,9-10,19H,2-3,7-8,11-17H2,1H3,(H,24,28). The minimum Gasteiger partial charge on any atom is -0.358 e. The minimum absolute atomic E-state index is 0.0135. The summed E-state index contributed by atoms with van der Waals surface area (Å²) in [6.45, 7) is 1.84. The van der Waals surface area contributed by atoms with Crippen LogP contribution in [0.5, 0.6) is 0 Å². The molecule has 0 unspecified atom stereocenters. The summed E-state index contributed by atoms with van der Waals surface area (Å²) in [4.78, 5) is 28.0. The SMILES string of the molecule is CNC(=O)CN1N=C(c2ccccc2)C2(CCN(C3CCCCCC3)CC2)C1=O. The molecular formula is C23H32N4O2. The Morgan fingerprint density at radius 2 is 1.76 bits per heavy atom. The van der Waals surface area contributed by atoms with Gasteiger partial charge in [0.2, 0.25) is 5.91 Å². The van der Waals surface area contributed by atoms with Gasteiger partial charge in [0.1, 0.15) is 6.54 Å². The molecule has 0 bridgehead atoms. The molecule has 0 aromatic heterocycles. The number of piperidine rings is 1. The van der Waals surface area contributed by atoms with Gasteiger partial charge >= 0.3 is 0 Å². The fourth-order valence-electron chi connectivity index (χ4n) is 5.21. The second kappa shape index (κ2) is 8.66. The lowest BCUT2D eigenvalue weighted by Crippen LogP contribution is -2.52. The van der Waals surface area contributed by atoms with Crippen molar-refractivity contribution in [2.24, 2.45) is 10.5 Å². The summed E-state index contributed by atoms with van der Waals surface area (Å²) < 4.78 is 0. The van der Waals surface area contributed by atoms with Crippen molar-refractivity contribution in [2.75, 3.05) is 26.7 Å². The minimum atomic E-state index is -0.601. The molecule has 1 N–H and O–H groups in total. The highest BCUT2D eigenvalue weighted by molar-refractivity contribution is 6.20. The quantitative estimate of drug-likeness (QED) is 0.796. The smallest absolute Gasteiger partial charge is 0.255 e. The zero-order chi connectivity index (χ0) is 20.3. The molecule has 1 aromatic carbocycles. The van der Waals surface area contributed by atoms with Crippen LogP contribution in [-0.4, -0.2) is 60.2 Å². The van der Waals surface area contributed by atoms with Crippen LogP contribution in [0, 0.1) is 5.41 Å². The number of benzene rings is 1. The van der Waals surface area contributed by atoms with Crippen LogP contribution in [0.1, 0.15) is 56.9 Å². The van der Waals surface area contributed by atoms with Gasteiger partial charge in [-0.05, 0) is 44.3 Å². The van der Waals surface area contributed by atoms with Crippen LogP contribution < -0.4 is 5.32 Å². The van der Waals surface area contributed by atoms with E-state index in [1.165, 1.54) is 43.5 Å². The molecule has 1 saturated carbocycles. The van der Waals surface area contributed by atoms with Gasteiger partial charge in [0.15, 0.2) is 0 Å². The number of likely N-dealkylation sites (tertiary alicyclic amines) is 1. The summed E-state index contributed by atoms with van der Waals surface area (Å²) in [5.41, 5.74) is 1.23. The van der Waals surface area contributed by atoms with Gasteiger partial charge in [-0.3, -0.25) is 9.59 Å². The topological polar surface area (TPSA) is 65.0 Å².